The van der Waals surface area contributed by atoms with Gasteiger partial charge in [0.25, 0.3) is 0 Å². The first-order valence-electron chi connectivity index (χ1n) is 6.34. The maximum absolute atomic E-state index is 11.6. The van der Waals surface area contributed by atoms with Crippen LogP contribution >= 0.6 is 0 Å². The van der Waals surface area contributed by atoms with Crippen molar-refractivity contribution in [2.24, 2.45) is 0 Å². The number of piperidine rings is 1. The molecule has 0 aromatic carbocycles. The lowest BCUT2D eigenvalue weighted by molar-refractivity contribution is 0.0387. The second-order valence-electron chi connectivity index (χ2n) is 4.99. The van der Waals surface area contributed by atoms with Gasteiger partial charge in [0.2, 0.25) is 11.3 Å². The van der Waals surface area contributed by atoms with Crippen LogP contribution in [0.3, 0.4) is 0 Å². The van der Waals surface area contributed by atoms with Crippen molar-refractivity contribution >= 4 is 11.3 Å². The quantitative estimate of drug-likeness (QED) is 0.761. The molecule has 2 saturated heterocycles. The van der Waals surface area contributed by atoms with Gasteiger partial charge in [-0.15, -0.1) is 0 Å². The SMILES string of the molecule is CN1CCCC(N(C2CCOCC2)S(=O)O)C1. The third kappa shape index (κ3) is 3.48. The second kappa shape index (κ2) is 6.24. The highest BCUT2D eigenvalue weighted by Gasteiger charge is 2.33. The van der Waals surface area contributed by atoms with Crippen molar-refractivity contribution in [3.8, 4) is 0 Å². The highest BCUT2D eigenvalue weighted by molar-refractivity contribution is 7.76. The molecule has 2 heterocycles. The molecule has 2 aliphatic heterocycles. The zero-order valence-corrected chi connectivity index (χ0v) is 11.2. The highest BCUT2D eigenvalue weighted by Crippen LogP contribution is 2.23. The molecular formula is C11H22N2O3S. The van der Waals surface area contributed by atoms with E-state index in [2.05, 4.69) is 11.9 Å². The predicted molar refractivity (Wildman–Crippen MR) is 67.0 cm³/mol. The molecule has 0 aromatic rings. The molecule has 1 N–H and O–H groups in total. The summed E-state index contributed by atoms with van der Waals surface area (Å²) in [7, 11) is 2.08. The van der Waals surface area contributed by atoms with E-state index in [9.17, 15) is 8.76 Å². The molecule has 0 spiro atoms. The number of hydrogen-bond acceptors (Lipinski definition) is 3. The molecule has 0 aliphatic carbocycles. The summed E-state index contributed by atoms with van der Waals surface area (Å²) in [5.41, 5.74) is 0. The van der Waals surface area contributed by atoms with E-state index < -0.39 is 11.3 Å². The van der Waals surface area contributed by atoms with Gasteiger partial charge in [0, 0.05) is 31.8 Å². The summed E-state index contributed by atoms with van der Waals surface area (Å²) in [5, 5.41) is 0. The maximum Gasteiger partial charge on any atom is 0.235 e. The Morgan fingerprint density at radius 3 is 2.59 bits per heavy atom. The second-order valence-corrected chi connectivity index (χ2v) is 5.88. The van der Waals surface area contributed by atoms with Crippen molar-refractivity contribution in [1.29, 1.82) is 0 Å². The fourth-order valence-electron chi connectivity index (χ4n) is 2.84. The van der Waals surface area contributed by atoms with Gasteiger partial charge >= 0.3 is 0 Å². The Bertz CT molecular complexity index is 271. The third-order valence-electron chi connectivity index (χ3n) is 3.69. The predicted octanol–water partition coefficient (Wildman–Crippen LogP) is 0.698. The minimum Gasteiger partial charge on any atom is -0.381 e. The molecule has 5 nitrogen and oxygen atoms in total. The third-order valence-corrected chi connectivity index (χ3v) is 4.65. The van der Waals surface area contributed by atoms with Crippen molar-refractivity contribution in [3.05, 3.63) is 0 Å². The number of likely N-dealkylation sites (tertiary alicyclic amines) is 1. The molecule has 2 fully saturated rings. The summed E-state index contributed by atoms with van der Waals surface area (Å²) in [6.45, 7) is 3.40. The van der Waals surface area contributed by atoms with Crippen LogP contribution in [0, 0.1) is 0 Å². The van der Waals surface area contributed by atoms with E-state index in [-0.39, 0.29) is 12.1 Å². The summed E-state index contributed by atoms with van der Waals surface area (Å²) in [5.74, 6) is 0. The monoisotopic (exact) mass is 262 g/mol. The van der Waals surface area contributed by atoms with Crippen LogP contribution in [0.5, 0.6) is 0 Å². The Morgan fingerprint density at radius 1 is 1.29 bits per heavy atom. The molecule has 17 heavy (non-hydrogen) atoms. The van der Waals surface area contributed by atoms with Crippen molar-refractivity contribution in [3.63, 3.8) is 0 Å². The Balaban J connectivity index is 2.02. The van der Waals surface area contributed by atoms with Crippen LogP contribution in [0.1, 0.15) is 25.7 Å². The fourth-order valence-corrected chi connectivity index (χ4v) is 3.73. The van der Waals surface area contributed by atoms with Gasteiger partial charge in [0.05, 0.1) is 0 Å². The van der Waals surface area contributed by atoms with E-state index >= 15 is 0 Å². The van der Waals surface area contributed by atoms with E-state index in [0.717, 1.165) is 38.8 Å². The average molecular weight is 262 g/mol. The van der Waals surface area contributed by atoms with Crippen LogP contribution in [0.2, 0.25) is 0 Å². The molecule has 2 atom stereocenters. The lowest BCUT2D eigenvalue weighted by Crippen LogP contribution is -2.52. The van der Waals surface area contributed by atoms with Crippen LogP contribution < -0.4 is 0 Å². The topological polar surface area (TPSA) is 53.0 Å². The first-order valence-corrected chi connectivity index (χ1v) is 7.40. The Labute approximate surface area is 106 Å². The molecule has 6 heteroatoms. The van der Waals surface area contributed by atoms with Gasteiger partial charge in [0.1, 0.15) is 0 Å². The van der Waals surface area contributed by atoms with Gasteiger partial charge in [-0.05, 0) is 39.3 Å². The zero-order chi connectivity index (χ0) is 12.3. The summed E-state index contributed by atoms with van der Waals surface area (Å²) >= 11 is -1.86. The lowest BCUT2D eigenvalue weighted by Gasteiger charge is -2.40. The standard InChI is InChI=1S/C11H22N2O3S/c1-12-6-2-3-11(9-12)13(17(14)15)10-4-7-16-8-5-10/h10-11H,2-9H2,1H3,(H,14,15). The van der Waals surface area contributed by atoms with Gasteiger partial charge in [-0.2, -0.15) is 4.31 Å². The van der Waals surface area contributed by atoms with E-state index in [1.54, 1.807) is 4.31 Å². The van der Waals surface area contributed by atoms with E-state index in [1.165, 1.54) is 0 Å². The highest BCUT2D eigenvalue weighted by atomic mass is 32.2. The molecule has 2 unspecified atom stereocenters. The number of rotatable bonds is 3. The average Bonchev–Trinajstić information content (AvgIpc) is 2.30. The zero-order valence-electron chi connectivity index (χ0n) is 10.4. The molecule has 0 amide bonds. The van der Waals surface area contributed by atoms with E-state index in [0.29, 0.717) is 13.2 Å². The summed E-state index contributed by atoms with van der Waals surface area (Å²) < 4.78 is 28.2. The molecule has 0 aromatic heterocycles. The minimum absolute atomic E-state index is 0.200. The van der Waals surface area contributed by atoms with Gasteiger partial charge in [-0.1, -0.05) is 0 Å². The normalized spacial score (nSPS) is 30.6. The van der Waals surface area contributed by atoms with Gasteiger partial charge in [-0.25, -0.2) is 4.21 Å². The van der Waals surface area contributed by atoms with Crippen LogP contribution in [-0.4, -0.2) is 63.4 Å². The number of hydrogen-bond donors (Lipinski definition) is 1. The number of ether oxygens (including phenoxy) is 1. The van der Waals surface area contributed by atoms with Crippen LogP contribution in [0.4, 0.5) is 0 Å². The first-order chi connectivity index (χ1) is 8.18. The molecular weight excluding hydrogens is 240 g/mol. The van der Waals surface area contributed by atoms with Crippen LogP contribution in [0.25, 0.3) is 0 Å². The molecule has 2 rings (SSSR count). The maximum atomic E-state index is 11.6. The minimum atomic E-state index is -1.86. The van der Waals surface area contributed by atoms with Crippen LogP contribution in [-0.2, 0) is 16.0 Å². The first kappa shape index (κ1) is 13.4. The fraction of sp³-hybridized carbons (Fsp3) is 1.00. The molecule has 0 saturated carbocycles. The van der Waals surface area contributed by atoms with Crippen molar-refractivity contribution < 1.29 is 13.5 Å². The summed E-state index contributed by atoms with van der Waals surface area (Å²) in [6, 6.07) is 0.411. The van der Waals surface area contributed by atoms with Gasteiger partial charge < -0.3 is 9.64 Å². The van der Waals surface area contributed by atoms with Gasteiger partial charge in [0.15, 0.2) is 0 Å². The molecule has 0 bridgehead atoms. The summed E-state index contributed by atoms with van der Waals surface area (Å²) in [4.78, 5) is 2.24. The smallest absolute Gasteiger partial charge is 0.235 e. The Morgan fingerprint density at radius 2 is 2.00 bits per heavy atom. The summed E-state index contributed by atoms with van der Waals surface area (Å²) in [6.07, 6.45) is 3.87. The van der Waals surface area contributed by atoms with E-state index in [4.69, 9.17) is 4.74 Å². The van der Waals surface area contributed by atoms with Gasteiger partial charge in [-0.3, -0.25) is 4.55 Å². The van der Waals surface area contributed by atoms with E-state index in [1.807, 2.05) is 0 Å². The van der Waals surface area contributed by atoms with Crippen molar-refractivity contribution in [2.75, 3.05) is 33.4 Å². The Hall–Kier alpha value is -0.0100. The lowest BCUT2D eigenvalue weighted by atomic mass is 10.0. The Kier molecular flexibility index (Phi) is 4.93. The van der Waals surface area contributed by atoms with Crippen molar-refractivity contribution in [1.82, 2.24) is 9.21 Å². The molecule has 0 radical (unpaired) electrons. The number of likely N-dealkylation sites (N-methyl/N-ethyl adjacent to an activating group) is 1. The largest absolute Gasteiger partial charge is 0.381 e. The van der Waals surface area contributed by atoms with Crippen molar-refractivity contribution in [2.45, 2.75) is 37.8 Å². The number of nitrogens with zero attached hydrogens (tertiary/aromatic N) is 2. The van der Waals surface area contributed by atoms with Crippen LogP contribution in [0.15, 0.2) is 0 Å². The molecule has 100 valence electrons. The molecule has 2 aliphatic rings.